The zero-order valence-corrected chi connectivity index (χ0v) is 10.0. The fourth-order valence-corrected chi connectivity index (χ4v) is 2.38. The monoisotopic (exact) mass is 266 g/mol. The molecule has 0 unspecified atom stereocenters. The summed E-state index contributed by atoms with van der Waals surface area (Å²) in [5.41, 5.74) is 0.0697. The van der Waals surface area contributed by atoms with Crippen LogP contribution in [-0.2, 0) is 6.42 Å². The van der Waals surface area contributed by atoms with Crippen LogP contribution in [0.25, 0.3) is 4.96 Å². The van der Waals surface area contributed by atoms with Crippen LogP contribution in [0.4, 0.5) is 0 Å². The predicted octanol–water partition coefficient (Wildman–Crippen LogP) is 1.39. The Bertz CT molecular complexity index is 768. The Kier molecular flexibility index (Phi) is 2.37. The minimum absolute atomic E-state index is 0.251. The molecule has 0 amide bonds. The molecule has 0 saturated carbocycles. The van der Waals surface area contributed by atoms with E-state index in [2.05, 4.69) is 15.3 Å². The van der Waals surface area contributed by atoms with Crippen molar-refractivity contribution in [1.82, 2.24) is 19.8 Å². The molecule has 3 heterocycles. The Labute approximate surface area is 104 Å². The summed E-state index contributed by atoms with van der Waals surface area (Å²) in [6.07, 6.45) is 1.87. The van der Waals surface area contributed by atoms with Crippen molar-refractivity contribution in [2.24, 2.45) is 0 Å². The maximum Gasteiger partial charge on any atom is 0.295 e. The first-order valence-corrected chi connectivity index (χ1v) is 5.96. The van der Waals surface area contributed by atoms with Gasteiger partial charge >= 0.3 is 0 Å². The first kappa shape index (κ1) is 10.4. The molecule has 6 nitrogen and oxygen atoms in total. The molecule has 0 aromatic carbocycles. The summed E-state index contributed by atoms with van der Waals surface area (Å²) in [4.78, 5) is 12.5. The predicted molar refractivity (Wildman–Crippen MR) is 63.8 cm³/mol. The number of hydrogen-bond donors (Lipinski definition) is 1. The van der Waals surface area contributed by atoms with Crippen molar-refractivity contribution >= 4 is 28.5 Å². The van der Waals surface area contributed by atoms with Crippen molar-refractivity contribution in [1.29, 1.82) is 0 Å². The largest absolute Gasteiger partial charge is 0.469 e. The Morgan fingerprint density at radius 1 is 1.53 bits per heavy atom. The van der Waals surface area contributed by atoms with Crippen molar-refractivity contribution in [2.45, 2.75) is 6.42 Å². The van der Waals surface area contributed by atoms with E-state index in [1.165, 1.54) is 15.9 Å². The molecule has 17 heavy (non-hydrogen) atoms. The van der Waals surface area contributed by atoms with Gasteiger partial charge in [0.1, 0.15) is 11.5 Å². The minimum atomic E-state index is -0.251. The summed E-state index contributed by atoms with van der Waals surface area (Å²) in [6, 6.07) is 3.54. The van der Waals surface area contributed by atoms with Gasteiger partial charge in [0, 0.05) is 0 Å². The summed E-state index contributed by atoms with van der Waals surface area (Å²) in [7, 11) is 0. The Balaban J connectivity index is 2.14. The van der Waals surface area contributed by atoms with Gasteiger partial charge in [0.25, 0.3) is 5.56 Å². The van der Waals surface area contributed by atoms with Gasteiger partial charge in [0.15, 0.2) is 3.95 Å². The van der Waals surface area contributed by atoms with E-state index in [0.29, 0.717) is 26.8 Å². The van der Waals surface area contributed by atoms with E-state index in [-0.39, 0.29) is 5.56 Å². The fraction of sp³-hybridized carbons (Fsp3) is 0.111. The molecule has 0 aliphatic carbocycles. The molecule has 3 aromatic rings. The average Bonchev–Trinajstić information content (AvgIpc) is 2.91. The van der Waals surface area contributed by atoms with Gasteiger partial charge in [-0.1, -0.05) is 11.3 Å². The number of fused-ring (bicyclic) bond motifs is 1. The third-order valence-corrected chi connectivity index (χ3v) is 3.27. The number of aromatic amines is 1. The number of nitrogens with one attached hydrogen (secondary N) is 1. The van der Waals surface area contributed by atoms with Crippen LogP contribution in [0, 0.1) is 3.95 Å². The zero-order valence-electron chi connectivity index (χ0n) is 8.41. The highest BCUT2D eigenvalue weighted by Crippen LogP contribution is 2.07. The lowest BCUT2D eigenvalue weighted by atomic mass is 10.2. The van der Waals surface area contributed by atoms with E-state index in [1.807, 2.05) is 0 Å². The second-order valence-electron chi connectivity index (χ2n) is 3.33. The van der Waals surface area contributed by atoms with Crippen molar-refractivity contribution in [3.63, 3.8) is 0 Å². The second-order valence-corrected chi connectivity index (χ2v) is 4.97. The molecule has 3 rings (SSSR count). The first-order valence-electron chi connectivity index (χ1n) is 4.74. The maximum absolute atomic E-state index is 12.0. The van der Waals surface area contributed by atoms with Crippen molar-refractivity contribution in [2.75, 3.05) is 0 Å². The van der Waals surface area contributed by atoms with Crippen LogP contribution in [0.2, 0.25) is 0 Å². The van der Waals surface area contributed by atoms with Gasteiger partial charge < -0.3 is 4.42 Å². The number of hydrogen-bond acceptors (Lipinski definition) is 6. The molecule has 0 bridgehead atoms. The number of furan rings is 1. The molecule has 0 aliphatic rings. The summed E-state index contributed by atoms with van der Waals surface area (Å²) in [5, 5.41) is 10.6. The van der Waals surface area contributed by atoms with Crippen LogP contribution in [0.3, 0.4) is 0 Å². The quantitative estimate of drug-likeness (QED) is 0.709. The van der Waals surface area contributed by atoms with Gasteiger partial charge in [0.05, 0.1) is 12.7 Å². The second kappa shape index (κ2) is 3.90. The molecule has 0 radical (unpaired) electrons. The van der Waals surface area contributed by atoms with Gasteiger partial charge in [-0.05, 0) is 24.4 Å². The highest BCUT2D eigenvalue weighted by atomic mass is 32.1. The molecule has 0 saturated heterocycles. The molecule has 0 fully saturated rings. The summed E-state index contributed by atoms with van der Waals surface area (Å²) in [6.45, 7) is 0. The highest BCUT2D eigenvalue weighted by molar-refractivity contribution is 7.73. The standard InChI is InChI=1S/C9H6N4O2S2/c14-7-6(4-5-2-1-3-15-5)10-11-8-13(7)12-9(16)17-8/h1-3H,4H2,(H,12,16). The van der Waals surface area contributed by atoms with Gasteiger partial charge in [-0.3, -0.25) is 9.89 Å². The third kappa shape index (κ3) is 1.81. The first-order chi connectivity index (χ1) is 8.24. The third-order valence-electron chi connectivity index (χ3n) is 2.21. The molecule has 3 aromatic heterocycles. The molecule has 1 N–H and O–H groups in total. The Morgan fingerprint density at radius 3 is 3.18 bits per heavy atom. The van der Waals surface area contributed by atoms with Crippen molar-refractivity contribution < 1.29 is 4.42 Å². The van der Waals surface area contributed by atoms with E-state index in [1.54, 1.807) is 18.4 Å². The SMILES string of the molecule is O=c1c(Cc2ccco2)nnc2sc(=S)[nH]n12. The van der Waals surface area contributed by atoms with Gasteiger partial charge in [-0.2, -0.15) is 4.52 Å². The van der Waals surface area contributed by atoms with E-state index < -0.39 is 0 Å². The number of aromatic nitrogens is 4. The van der Waals surface area contributed by atoms with Crippen molar-refractivity contribution in [3.8, 4) is 0 Å². The molecular weight excluding hydrogens is 260 g/mol. The van der Waals surface area contributed by atoms with Crippen LogP contribution in [0.15, 0.2) is 27.6 Å². The lowest BCUT2D eigenvalue weighted by Crippen LogP contribution is -2.21. The molecule has 86 valence electrons. The van der Waals surface area contributed by atoms with Gasteiger partial charge in [0.2, 0.25) is 4.96 Å². The normalized spacial score (nSPS) is 11.1. The van der Waals surface area contributed by atoms with Gasteiger partial charge in [-0.25, -0.2) is 0 Å². The highest BCUT2D eigenvalue weighted by Gasteiger charge is 2.10. The summed E-state index contributed by atoms with van der Waals surface area (Å²) < 4.78 is 6.96. The topological polar surface area (TPSA) is 76.2 Å². The van der Waals surface area contributed by atoms with Crippen molar-refractivity contribution in [3.05, 3.63) is 44.2 Å². The van der Waals surface area contributed by atoms with Crippen LogP contribution < -0.4 is 5.56 Å². The smallest absolute Gasteiger partial charge is 0.295 e. The number of H-pyrrole nitrogens is 1. The number of nitrogens with zero attached hydrogens (tertiary/aromatic N) is 3. The minimum Gasteiger partial charge on any atom is -0.469 e. The van der Waals surface area contributed by atoms with Gasteiger partial charge in [-0.15, -0.1) is 10.2 Å². The molecule has 8 heteroatoms. The Morgan fingerprint density at radius 2 is 2.41 bits per heavy atom. The van der Waals surface area contributed by atoms with E-state index in [4.69, 9.17) is 16.6 Å². The molecule has 0 spiro atoms. The lowest BCUT2D eigenvalue weighted by molar-refractivity contribution is 0.516. The van der Waals surface area contributed by atoms with E-state index in [0.717, 1.165) is 0 Å². The molecule has 0 atom stereocenters. The van der Waals surface area contributed by atoms with Crippen LogP contribution >= 0.6 is 23.6 Å². The molecular formula is C9H6N4O2S2. The zero-order chi connectivity index (χ0) is 11.8. The lowest BCUT2D eigenvalue weighted by Gasteiger charge is -1.96. The van der Waals surface area contributed by atoms with E-state index in [9.17, 15) is 4.79 Å². The van der Waals surface area contributed by atoms with Crippen LogP contribution in [0.5, 0.6) is 0 Å². The average molecular weight is 266 g/mol. The molecule has 0 aliphatic heterocycles. The number of rotatable bonds is 2. The summed E-state index contributed by atoms with van der Waals surface area (Å²) in [5.74, 6) is 0.671. The summed E-state index contributed by atoms with van der Waals surface area (Å²) >= 11 is 6.16. The van der Waals surface area contributed by atoms with E-state index >= 15 is 0 Å². The fourth-order valence-electron chi connectivity index (χ4n) is 1.46. The maximum atomic E-state index is 12.0. The Hall–Kier alpha value is -1.80. The van der Waals surface area contributed by atoms with Crippen LogP contribution in [0.1, 0.15) is 11.5 Å². The van der Waals surface area contributed by atoms with Crippen LogP contribution in [-0.4, -0.2) is 19.8 Å².